The van der Waals surface area contributed by atoms with Gasteiger partial charge in [0.15, 0.2) is 0 Å². The third-order valence-electron chi connectivity index (χ3n) is 2.60. The standard InChI is InChI=1S/C15H13BrO5/c16-10-1-4-12(5-2-10)20-7-8-21-15(19)13-6-3-11(17)9-14(13)18/h1-6,9,17-18H,7-8H2. The van der Waals surface area contributed by atoms with Gasteiger partial charge >= 0.3 is 5.97 Å². The van der Waals surface area contributed by atoms with Crippen LogP contribution in [-0.2, 0) is 4.74 Å². The number of halogens is 1. The number of ether oxygens (including phenoxy) is 2. The van der Waals surface area contributed by atoms with Crippen LogP contribution in [-0.4, -0.2) is 29.4 Å². The predicted octanol–water partition coefficient (Wildman–Crippen LogP) is 3.10. The summed E-state index contributed by atoms with van der Waals surface area (Å²) in [5.74, 6) is -0.454. The van der Waals surface area contributed by atoms with E-state index in [1.807, 2.05) is 12.1 Å². The first-order valence-electron chi connectivity index (χ1n) is 6.14. The van der Waals surface area contributed by atoms with Crippen molar-refractivity contribution in [2.45, 2.75) is 0 Å². The number of rotatable bonds is 5. The molecule has 2 aromatic carbocycles. The minimum absolute atomic E-state index is 0.00329. The molecule has 0 aliphatic rings. The molecule has 2 N–H and O–H groups in total. The molecule has 0 amide bonds. The zero-order valence-corrected chi connectivity index (χ0v) is 12.5. The second kappa shape index (κ2) is 6.99. The van der Waals surface area contributed by atoms with Crippen LogP contribution in [0.2, 0.25) is 0 Å². The first-order valence-corrected chi connectivity index (χ1v) is 6.93. The van der Waals surface area contributed by atoms with Crippen molar-refractivity contribution in [3.8, 4) is 17.2 Å². The van der Waals surface area contributed by atoms with Crippen LogP contribution in [0.5, 0.6) is 17.2 Å². The van der Waals surface area contributed by atoms with Crippen molar-refractivity contribution in [1.82, 2.24) is 0 Å². The van der Waals surface area contributed by atoms with Crippen molar-refractivity contribution in [2.75, 3.05) is 13.2 Å². The van der Waals surface area contributed by atoms with E-state index in [2.05, 4.69) is 15.9 Å². The molecule has 0 heterocycles. The van der Waals surface area contributed by atoms with Gasteiger partial charge in [-0.05, 0) is 36.4 Å². The second-order valence-corrected chi connectivity index (χ2v) is 5.06. The Hall–Kier alpha value is -2.21. The van der Waals surface area contributed by atoms with E-state index in [0.29, 0.717) is 5.75 Å². The highest BCUT2D eigenvalue weighted by molar-refractivity contribution is 9.10. The topological polar surface area (TPSA) is 76.0 Å². The van der Waals surface area contributed by atoms with Crippen molar-refractivity contribution >= 4 is 21.9 Å². The smallest absolute Gasteiger partial charge is 0.342 e. The molecule has 0 bridgehead atoms. The highest BCUT2D eigenvalue weighted by Gasteiger charge is 2.12. The van der Waals surface area contributed by atoms with Crippen LogP contribution in [0.25, 0.3) is 0 Å². The van der Waals surface area contributed by atoms with Gasteiger partial charge in [0.25, 0.3) is 0 Å². The third kappa shape index (κ3) is 4.39. The maximum atomic E-state index is 11.7. The highest BCUT2D eigenvalue weighted by atomic mass is 79.9. The van der Waals surface area contributed by atoms with E-state index in [1.54, 1.807) is 12.1 Å². The van der Waals surface area contributed by atoms with E-state index < -0.39 is 5.97 Å². The van der Waals surface area contributed by atoms with E-state index in [9.17, 15) is 9.90 Å². The number of benzene rings is 2. The molecule has 0 unspecified atom stereocenters. The summed E-state index contributed by atoms with van der Waals surface area (Å²) in [5, 5.41) is 18.7. The number of hydrogen-bond acceptors (Lipinski definition) is 5. The minimum atomic E-state index is -0.674. The number of phenols is 2. The molecule has 0 spiro atoms. The molecule has 5 nitrogen and oxygen atoms in total. The third-order valence-corrected chi connectivity index (χ3v) is 3.13. The summed E-state index contributed by atoms with van der Waals surface area (Å²) in [4.78, 5) is 11.7. The Morgan fingerprint density at radius 1 is 1.05 bits per heavy atom. The second-order valence-electron chi connectivity index (χ2n) is 4.14. The molecule has 0 fully saturated rings. The van der Waals surface area contributed by atoms with E-state index in [4.69, 9.17) is 14.6 Å². The number of hydrogen-bond donors (Lipinski definition) is 2. The number of carbonyl (C=O) groups is 1. The van der Waals surface area contributed by atoms with E-state index in [0.717, 1.165) is 10.5 Å². The molecule has 2 aromatic rings. The number of carbonyl (C=O) groups excluding carboxylic acids is 1. The summed E-state index contributed by atoms with van der Waals surface area (Å²) in [6, 6.07) is 10.9. The van der Waals surface area contributed by atoms with E-state index in [-0.39, 0.29) is 30.3 Å². The largest absolute Gasteiger partial charge is 0.508 e. The van der Waals surface area contributed by atoms with Gasteiger partial charge in [0, 0.05) is 10.5 Å². The van der Waals surface area contributed by atoms with Gasteiger partial charge in [-0.3, -0.25) is 0 Å². The highest BCUT2D eigenvalue weighted by Crippen LogP contribution is 2.23. The van der Waals surface area contributed by atoms with Gasteiger partial charge in [-0.1, -0.05) is 15.9 Å². The zero-order valence-electron chi connectivity index (χ0n) is 11.0. The summed E-state index contributed by atoms with van der Waals surface area (Å²) in [6.07, 6.45) is 0. The molecule has 6 heteroatoms. The van der Waals surface area contributed by atoms with E-state index >= 15 is 0 Å². The first-order chi connectivity index (χ1) is 10.1. The lowest BCUT2D eigenvalue weighted by molar-refractivity contribution is 0.0447. The van der Waals surface area contributed by atoms with Crippen LogP contribution in [0, 0.1) is 0 Å². The number of phenolic OH excluding ortho intramolecular Hbond substituents is 2. The van der Waals surface area contributed by atoms with Gasteiger partial charge in [-0.15, -0.1) is 0 Å². The zero-order chi connectivity index (χ0) is 15.2. The molecule has 110 valence electrons. The minimum Gasteiger partial charge on any atom is -0.508 e. The van der Waals surface area contributed by atoms with Crippen molar-refractivity contribution in [3.63, 3.8) is 0 Å². The summed E-state index contributed by atoms with van der Waals surface area (Å²) in [6.45, 7) is 0.251. The van der Waals surface area contributed by atoms with Crippen LogP contribution in [0.4, 0.5) is 0 Å². The summed E-state index contributed by atoms with van der Waals surface area (Å²) < 4.78 is 11.3. The molecule has 0 aromatic heterocycles. The van der Waals surface area contributed by atoms with Crippen LogP contribution in [0.1, 0.15) is 10.4 Å². The van der Waals surface area contributed by atoms with Gasteiger partial charge in [0.05, 0.1) is 0 Å². The van der Waals surface area contributed by atoms with Crippen molar-refractivity contribution in [3.05, 3.63) is 52.5 Å². The Balaban J connectivity index is 1.80. The Morgan fingerprint density at radius 3 is 2.43 bits per heavy atom. The van der Waals surface area contributed by atoms with Crippen LogP contribution in [0.3, 0.4) is 0 Å². The summed E-state index contributed by atoms with van der Waals surface area (Å²) in [7, 11) is 0. The fourth-order valence-corrected chi connectivity index (χ4v) is 1.86. The van der Waals surface area contributed by atoms with Gasteiger partial charge in [-0.2, -0.15) is 0 Å². The monoisotopic (exact) mass is 352 g/mol. The Labute approximate surface area is 129 Å². The van der Waals surface area contributed by atoms with Gasteiger partial charge in [0.2, 0.25) is 0 Å². The van der Waals surface area contributed by atoms with Crippen LogP contribution >= 0.6 is 15.9 Å². The quantitative estimate of drug-likeness (QED) is 0.638. The Morgan fingerprint density at radius 2 is 1.76 bits per heavy atom. The summed E-state index contributed by atoms with van der Waals surface area (Å²) >= 11 is 3.32. The van der Waals surface area contributed by atoms with E-state index in [1.165, 1.54) is 12.1 Å². The average Bonchev–Trinajstić information content (AvgIpc) is 2.45. The van der Waals surface area contributed by atoms with Crippen molar-refractivity contribution in [2.24, 2.45) is 0 Å². The lowest BCUT2D eigenvalue weighted by Crippen LogP contribution is -2.12. The summed E-state index contributed by atoms with van der Waals surface area (Å²) in [5.41, 5.74) is -0.00329. The normalized spacial score (nSPS) is 10.1. The fourth-order valence-electron chi connectivity index (χ4n) is 1.60. The fraction of sp³-hybridized carbons (Fsp3) is 0.133. The molecule has 0 saturated heterocycles. The molecular weight excluding hydrogens is 340 g/mol. The molecular formula is C15H13BrO5. The molecule has 21 heavy (non-hydrogen) atoms. The Kier molecular flexibility index (Phi) is 5.05. The lowest BCUT2D eigenvalue weighted by Gasteiger charge is -2.08. The van der Waals surface area contributed by atoms with Crippen molar-refractivity contribution in [1.29, 1.82) is 0 Å². The van der Waals surface area contributed by atoms with Gasteiger partial charge in [0.1, 0.15) is 36.0 Å². The SMILES string of the molecule is O=C(OCCOc1ccc(Br)cc1)c1ccc(O)cc1O. The molecule has 2 rings (SSSR count). The Bertz CT molecular complexity index is 624. The van der Waals surface area contributed by atoms with Crippen molar-refractivity contribution < 1.29 is 24.5 Å². The van der Waals surface area contributed by atoms with Crippen LogP contribution < -0.4 is 4.74 Å². The molecule has 0 radical (unpaired) electrons. The molecule has 0 atom stereocenters. The average molecular weight is 353 g/mol. The maximum Gasteiger partial charge on any atom is 0.342 e. The predicted molar refractivity (Wildman–Crippen MR) is 79.7 cm³/mol. The van der Waals surface area contributed by atoms with Crippen LogP contribution in [0.15, 0.2) is 46.9 Å². The number of esters is 1. The molecule has 0 aliphatic heterocycles. The lowest BCUT2D eigenvalue weighted by atomic mass is 10.2. The van der Waals surface area contributed by atoms with Gasteiger partial charge < -0.3 is 19.7 Å². The first kappa shape index (κ1) is 15.2. The maximum absolute atomic E-state index is 11.7. The van der Waals surface area contributed by atoms with Gasteiger partial charge in [-0.25, -0.2) is 4.79 Å². The molecule has 0 saturated carbocycles. The molecule has 0 aliphatic carbocycles. The number of aromatic hydroxyl groups is 2.